The summed E-state index contributed by atoms with van der Waals surface area (Å²) >= 11 is 2.12. The molecule has 0 bridgehead atoms. The van der Waals surface area contributed by atoms with Gasteiger partial charge in [-0.3, -0.25) is 0 Å². The minimum absolute atomic E-state index is 0.0787. The summed E-state index contributed by atoms with van der Waals surface area (Å²) in [5.74, 6) is 1.24. The topological polar surface area (TPSA) is 77.8 Å². The number of methoxy groups -OCH3 is 1. The highest BCUT2D eigenvalue weighted by Gasteiger charge is 2.14. The van der Waals surface area contributed by atoms with Gasteiger partial charge in [0.25, 0.3) is 0 Å². The van der Waals surface area contributed by atoms with Gasteiger partial charge in [0, 0.05) is 0 Å². The molecule has 0 heterocycles. The Balaban J connectivity index is 2.11. The molecule has 0 atom stereocenters. The molecule has 2 rings (SSSR count). The third kappa shape index (κ3) is 6.39. The molecule has 0 aliphatic rings. The largest absolute Gasteiger partial charge is 0.493 e. The number of hydrogen-bond donors (Lipinski definition) is 0. The third-order valence-electron chi connectivity index (χ3n) is 3.86. The highest BCUT2D eigenvalue weighted by molar-refractivity contribution is 14.1. The van der Waals surface area contributed by atoms with Gasteiger partial charge in [-0.05, 0) is 71.8 Å². The van der Waals surface area contributed by atoms with Gasteiger partial charge in [0.2, 0.25) is 0 Å². The van der Waals surface area contributed by atoms with Crippen LogP contribution >= 0.6 is 22.6 Å². The van der Waals surface area contributed by atoms with E-state index in [9.17, 15) is 10.1 Å². The Morgan fingerprint density at radius 1 is 1.17 bits per heavy atom. The van der Waals surface area contributed by atoms with Crippen molar-refractivity contribution in [3.05, 3.63) is 56.7 Å². The van der Waals surface area contributed by atoms with Gasteiger partial charge in [-0.15, -0.1) is 0 Å². The first kappa shape index (κ1) is 22.6. The predicted molar refractivity (Wildman–Crippen MR) is 118 cm³/mol. The van der Waals surface area contributed by atoms with Crippen molar-refractivity contribution in [1.82, 2.24) is 0 Å². The van der Waals surface area contributed by atoms with Crippen LogP contribution in [0.5, 0.6) is 17.2 Å². The monoisotopic (exact) mass is 507 g/mol. The van der Waals surface area contributed by atoms with Crippen LogP contribution in [-0.4, -0.2) is 32.9 Å². The predicted octanol–water partition coefficient (Wildman–Crippen LogP) is 4.54. The first-order valence-electron chi connectivity index (χ1n) is 8.97. The number of benzene rings is 2. The molecule has 2 aromatic rings. The van der Waals surface area contributed by atoms with Crippen molar-refractivity contribution in [2.24, 2.45) is 0 Å². The summed E-state index contributed by atoms with van der Waals surface area (Å²) in [6.07, 6.45) is 1.47. The maximum Gasteiger partial charge on any atom is 0.348 e. The first-order valence-corrected chi connectivity index (χ1v) is 10.1. The number of nitrogens with zero attached hydrogens (tertiary/aromatic N) is 1. The molecule has 0 unspecified atom stereocenters. The van der Waals surface area contributed by atoms with Gasteiger partial charge in [-0.2, -0.15) is 5.26 Å². The SMILES string of the molecule is CCOC(=O)/C(C#N)=C/c1cc(I)c(OCCOc2ccccc2C)c(OC)c1. The Morgan fingerprint density at radius 2 is 1.90 bits per heavy atom. The minimum atomic E-state index is -0.655. The number of carbonyl (C=O) groups is 1. The van der Waals surface area contributed by atoms with Gasteiger partial charge in [-0.1, -0.05) is 18.2 Å². The summed E-state index contributed by atoms with van der Waals surface area (Å²) in [7, 11) is 1.53. The number of aryl methyl sites for hydroxylation is 1. The van der Waals surface area contributed by atoms with E-state index < -0.39 is 5.97 Å². The van der Waals surface area contributed by atoms with Crippen LogP contribution in [0.4, 0.5) is 0 Å². The van der Waals surface area contributed by atoms with Crippen LogP contribution < -0.4 is 14.2 Å². The maximum absolute atomic E-state index is 11.8. The molecule has 6 nitrogen and oxygen atoms in total. The van der Waals surface area contributed by atoms with E-state index in [1.54, 1.807) is 19.1 Å². The van der Waals surface area contributed by atoms with E-state index in [4.69, 9.17) is 18.9 Å². The lowest BCUT2D eigenvalue weighted by Gasteiger charge is -2.14. The lowest BCUT2D eigenvalue weighted by Crippen LogP contribution is -2.11. The van der Waals surface area contributed by atoms with E-state index in [0.717, 1.165) is 14.9 Å². The molecular weight excluding hydrogens is 485 g/mol. The summed E-state index contributed by atoms with van der Waals surface area (Å²) in [5, 5.41) is 9.20. The summed E-state index contributed by atoms with van der Waals surface area (Å²) in [6.45, 7) is 4.60. The second-order valence-corrected chi connectivity index (χ2v) is 7.05. The quantitative estimate of drug-likeness (QED) is 0.163. The fourth-order valence-corrected chi connectivity index (χ4v) is 3.27. The molecule has 0 spiro atoms. The summed E-state index contributed by atoms with van der Waals surface area (Å²) < 4.78 is 22.7. The molecular formula is C22H22INO5. The molecule has 0 aromatic heterocycles. The molecule has 0 saturated heterocycles. The van der Waals surface area contributed by atoms with Gasteiger partial charge >= 0.3 is 5.97 Å². The van der Waals surface area contributed by atoms with E-state index in [2.05, 4.69) is 22.6 Å². The van der Waals surface area contributed by atoms with Crippen LogP contribution in [0.2, 0.25) is 0 Å². The number of carbonyl (C=O) groups excluding carboxylic acids is 1. The van der Waals surface area contributed by atoms with Crippen LogP contribution in [0.15, 0.2) is 42.0 Å². The smallest absolute Gasteiger partial charge is 0.348 e. The lowest BCUT2D eigenvalue weighted by molar-refractivity contribution is -0.137. The second-order valence-electron chi connectivity index (χ2n) is 5.89. The first-order chi connectivity index (χ1) is 14.0. The molecule has 0 aliphatic heterocycles. The van der Waals surface area contributed by atoms with Crippen LogP contribution in [0, 0.1) is 21.8 Å². The minimum Gasteiger partial charge on any atom is -0.493 e. The standard InChI is InChI=1S/C22H22INO5/c1-4-27-22(25)17(14-24)11-16-12-18(23)21(20(13-16)26-3)29-10-9-28-19-8-6-5-7-15(19)2/h5-8,11-13H,4,9-10H2,1-3H3/b17-11+. The molecule has 0 N–H and O–H groups in total. The number of halogens is 1. The van der Waals surface area contributed by atoms with Gasteiger partial charge in [0.1, 0.15) is 30.6 Å². The summed E-state index contributed by atoms with van der Waals surface area (Å²) in [6, 6.07) is 13.2. The molecule has 2 aromatic carbocycles. The van der Waals surface area contributed by atoms with Gasteiger partial charge in [0.05, 0.1) is 17.3 Å². The Labute approximate surface area is 184 Å². The molecule has 7 heteroatoms. The molecule has 0 fully saturated rings. The normalized spacial score (nSPS) is 10.8. The van der Waals surface area contributed by atoms with Gasteiger partial charge in [0.15, 0.2) is 11.5 Å². The lowest BCUT2D eigenvalue weighted by atomic mass is 10.1. The number of ether oxygens (including phenoxy) is 4. The zero-order valence-corrected chi connectivity index (χ0v) is 18.7. The number of rotatable bonds is 9. The molecule has 152 valence electrons. The summed E-state index contributed by atoms with van der Waals surface area (Å²) in [4.78, 5) is 11.8. The van der Waals surface area contributed by atoms with Crippen molar-refractivity contribution >= 4 is 34.6 Å². The average molecular weight is 507 g/mol. The van der Waals surface area contributed by atoms with E-state index in [-0.39, 0.29) is 12.2 Å². The Kier molecular flexibility index (Phi) is 8.80. The molecule has 0 radical (unpaired) electrons. The molecule has 0 aliphatic carbocycles. The van der Waals surface area contributed by atoms with Gasteiger partial charge < -0.3 is 18.9 Å². The van der Waals surface area contributed by atoms with Crippen molar-refractivity contribution in [3.8, 4) is 23.3 Å². The van der Waals surface area contributed by atoms with E-state index in [1.165, 1.54) is 13.2 Å². The Morgan fingerprint density at radius 3 is 2.55 bits per heavy atom. The Bertz CT molecular complexity index is 933. The fraction of sp³-hybridized carbons (Fsp3) is 0.273. The van der Waals surface area contributed by atoms with E-state index >= 15 is 0 Å². The average Bonchev–Trinajstić information content (AvgIpc) is 2.71. The zero-order valence-electron chi connectivity index (χ0n) is 16.5. The van der Waals surface area contributed by atoms with E-state index in [1.807, 2.05) is 37.3 Å². The highest BCUT2D eigenvalue weighted by Crippen LogP contribution is 2.34. The molecule has 29 heavy (non-hydrogen) atoms. The van der Waals surface area contributed by atoms with Crippen molar-refractivity contribution in [3.63, 3.8) is 0 Å². The Hall–Kier alpha value is -2.73. The van der Waals surface area contributed by atoms with Crippen molar-refractivity contribution in [2.45, 2.75) is 13.8 Å². The fourth-order valence-electron chi connectivity index (χ4n) is 2.49. The zero-order chi connectivity index (χ0) is 21.2. The molecule has 0 amide bonds. The van der Waals surface area contributed by atoms with Crippen LogP contribution in [0.25, 0.3) is 6.08 Å². The maximum atomic E-state index is 11.8. The third-order valence-corrected chi connectivity index (χ3v) is 4.66. The summed E-state index contributed by atoms with van der Waals surface area (Å²) in [5.41, 5.74) is 1.62. The number of para-hydroxylation sites is 1. The van der Waals surface area contributed by atoms with Crippen LogP contribution in [-0.2, 0) is 9.53 Å². The highest BCUT2D eigenvalue weighted by atomic mass is 127. The number of hydrogen-bond acceptors (Lipinski definition) is 6. The van der Waals surface area contributed by atoms with Crippen LogP contribution in [0.3, 0.4) is 0 Å². The van der Waals surface area contributed by atoms with Crippen molar-refractivity contribution < 1.29 is 23.7 Å². The van der Waals surface area contributed by atoms with Crippen LogP contribution in [0.1, 0.15) is 18.1 Å². The second kappa shape index (κ2) is 11.3. The number of nitriles is 1. The molecule has 0 saturated carbocycles. The number of esters is 1. The van der Waals surface area contributed by atoms with E-state index in [0.29, 0.717) is 30.3 Å². The van der Waals surface area contributed by atoms with Crippen molar-refractivity contribution in [2.75, 3.05) is 26.9 Å². The van der Waals surface area contributed by atoms with Crippen molar-refractivity contribution in [1.29, 1.82) is 5.26 Å². The van der Waals surface area contributed by atoms with Gasteiger partial charge in [-0.25, -0.2) is 4.79 Å².